The molecule has 2 N–H and O–H groups in total. The summed E-state index contributed by atoms with van der Waals surface area (Å²) in [5.41, 5.74) is 0.836. The highest BCUT2D eigenvalue weighted by Gasteiger charge is 2.23. The fraction of sp³-hybridized carbons (Fsp3) is 0.316. The number of rotatable bonds is 9. The van der Waals surface area contributed by atoms with E-state index in [-0.39, 0.29) is 17.3 Å². The van der Waals surface area contributed by atoms with Crippen LogP contribution in [-0.2, 0) is 14.8 Å². The molecule has 0 spiro atoms. The zero-order valence-corrected chi connectivity index (χ0v) is 16.8. The minimum Gasteiger partial charge on any atom is -0.495 e. The van der Waals surface area contributed by atoms with Crippen LogP contribution in [0.4, 0.5) is 15.8 Å². The lowest BCUT2D eigenvalue weighted by Gasteiger charge is -2.20. The normalized spacial score (nSPS) is 11.3. The summed E-state index contributed by atoms with van der Waals surface area (Å²) < 4.78 is 44.9. The molecule has 0 aliphatic heterocycles. The molecule has 0 aliphatic carbocycles. The number of carbonyl (C=O) groups is 1. The highest BCUT2D eigenvalue weighted by atomic mass is 32.2. The van der Waals surface area contributed by atoms with Crippen molar-refractivity contribution in [3.05, 3.63) is 48.3 Å². The molecule has 0 saturated carbocycles. The van der Waals surface area contributed by atoms with Crippen molar-refractivity contribution in [2.24, 2.45) is 0 Å². The summed E-state index contributed by atoms with van der Waals surface area (Å²) in [4.78, 5) is 12.2. The van der Waals surface area contributed by atoms with Crippen molar-refractivity contribution in [2.45, 2.75) is 18.7 Å². The third-order valence-electron chi connectivity index (χ3n) is 4.08. The molecule has 0 aromatic heterocycles. The number of carbonyl (C=O) groups excluding carboxylic acids is 1. The average Bonchev–Trinajstić information content (AvgIpc) is 2.68. The number of methoxy groups -OCH3 is 1. The number of amides is 1. The summed E-state index contributed by atoms with van der Waals surface area (Å²) >= 11 is 0. The van der Waals surface area contributed by atoms with Gasteiger partial charge in [-0.15, -0.1) is 0 Å². The Morgan fingerprint density at radius 3 is 2.32 bits per heavy atom. The van der Waals surface area contributed by atoms with Crippen molar-refractivity contribution in [3.63, 3.8) is 0 Å². The SMILES string of the molecule is CCN(CC)S(=O)(=O)c1ccc(OC)c(NCC(=O)Nc2ccc(F)cc2)c1. The molecule has 7 nitrogen and oxygen atoms in total. The van der Waals surface area contributed by atoms with E-state index in [0.29, 0.717) is 30.2 Å². The van der Waals surface area contributed by atoms with Gasteiger partial charge in [-0.25, -0.2) is 12.8 Å². The first-order valence-electron chi connectivity index (χ1n) is 8.79. The lowest BCUT2D eigenvalue weighted by Crippen LogP contribution is -2.30. The number of hydrogen-bond donors (Lipinski definition) is 2. The van der Waals surface area contributed by atoms with E-state index in [1.54, 1.807) is 13.8 Å². The number of nitrogens with one attached hydrogen (secondary N) is 2. The van der Waals surface area contributed by atoms with Crippen LogP contribution >= 0.6 is 0 Å². The summed E-state index contributed by atoms with van der Waals surface area (Å²) in [5.74, 6) is -0.356. The van der Waals surface area contributed by atoms with Crippen LogP contribution in [0.25, 0.3) is 0 Å². The smallest absolute Gasteiger partial charge is 0.243 e. The number of sulfonamides is 1. The quantitative estimate of drug-likeness (QED) is 0.665. The first kappa shape index (κ1) is 21.6. The van der Waals surface area contributed by atoms with Crippen LogP contribution in [0, 0.1) is 5.82 Å². The molecular weight excluding hydrogens is 385 g/mol. The fourth-order valence-corrected chi connectivity index (χ4v) is 4.10. The van der Waals surface area contributed by atoms with Gasteiger partial charge in [-0.05, 0) is 42.5 Å². The Balaban J connectivity index is 2.15. The van der Waals surface area contributed by atoms with Gasteiger partial charge in [0, 0.05) is 18.8 Å². The largest absolute Gasteiger partial charge is 0.495 e. The van der Waals surface area contributed by atoms with Gasteiger partial charge in [-0.1, -0.05) is 13.8 Å². The second-order valence-corrected chi connectivity index (χ2v) is 7.80. The van der Waals surface area contributed by atoms with Crippen molar-refractivity contribution < 1.29 is 22.3 Å². The van der Waals surface area contributed by atoms with Gasteiger partial charge in [0.25, 0.3) is 0 Å². The fourth-order valence-electron chi connectivity index (χ4n) is 2.61. The summed E-state index contributed by atoms with van der Waals surface area (Å²) in [7, 11) is -2.18. The van der Waals surface area contributed by atoms with Gasteiger partial charge in [0.1, 0.15) is 11.6 Å². The Hall–Kier alpha value is -2.65. The first-order valence-corrected chi connectivity index (χ1v) is 10.2. The minimum absolute atomic E-state index is 0.110. The van der Waals surface area contributed by atoms with E-state index in [4.69, 9.17) is 4.74 Å². The number of ether oxygens (including phenoxy) is 1. The molecule has 0 saturated heterocycles. The Morgan fingerprint density at radius 2 is 1.75 bits per heavy atom. The molecule has 0 atom stereocenters. The van der Waals surface area contributed by atoms with E-state index in [2.05, 4.69) is 10.6 Å². The Kier molecular flexibility index (Phi) is 7.36. The van der Waals surface area contributed by atoms with Gasteiger partial charge in [0.05, 0.1) is 24.2 Å². The second-order valence-electron chi connectivity index (χ2n) is 5.86. The van der Waals surface area contributed by atoms with Crippen LogP contribution in [-0.4, -0.2) is 45.4 Å². The maximum atomic E-state index is 12.9. The maximum Gasteiger partial charge on any atom is 0.243 e. The lowest BCUT2D eigenvalue weighted by atomic mass is 10.3. The number of anilines is 2. The maximum absolute atomic E-state index is 12.9. The van der Waals surface area contributed by atoms with Crippen LogP contribution in [0.2, 0.25) is 0 Å². The highest BCUT2D eigenvalue weighted by Crippen LogP contribution is 2.28. The molecule has 152 valence electrons. The minimum atomic E-state index is -3.64. The van der Waals surface area contributed by atoms with Gasteiger partial charge in [-0.3, -0.25) is 4.79 Å². The summed E-state index contributed by atoms with van der Waals surface area (Å²) in [6.45, 7) is 4.12. The monoisotopic (exact) mass is 409 g/mol. The van der Waals surface area contributed by atoms with Crippen molar-refractivity contribution in [3.8, 4) is 5.75 Å². The standard InChI is InChI=1S/C19H24FN3O4S/c1-4-23(5-2)28(25,26)16-10-11-18(27-3)17(12-16)21-13-19(24)22-15-8-6-14(20)7-9-15/h6-12,21H,4-5,13H2,1-3H3,(H,22,24). The van der Waals surface area contributed by atoms with Crippen LogP contribution in [0.1, 0.15) is 13.8 Å². The Labute approximate surface area is 164 Å². The molecule has 9 heteroatoms. The molecule has 0 aliphatic rings. The molecule has 2 aromatic rings. The number of benzene rings is 2. The van der Waals surface area contributed by atoms with Gasteiger partial charge in [0.2, 0.25) is 15.9 Å². The Bertz CT molecular complexity index is 913. The lowest BCUT2D eigenvalue weighted by molar-refractivity contribution is -0.114. The highest BCUT2D eigenvalue weighted by molar-refractivity contribution is 7.89. The predicted octanol–water partition coefficient (Wildman–Crippen LogP) is 2.92. The number of hydrogen-bond acceptors (Lipinski definition) is 5. The molecule has 2 aromatic carbocycles. The third kappa shape index (κ3) is 5.20. The number of halogens is 1. The summed E-state index contributed by atoms with van der Waals surface area (Å²) in [6.07, 6.45) is 0. The van der Waals surface area contributed by atoms with E-state index >= 15 is 0 Å². The Morgan fingerprint density at radius 1 is 1.11 bits per heavy atom. The van der Waals surface area contributed by atoms with Crippen LogP contribution in [0.3, 0.4) is 0 Å². The molecule has 1 amide bonds. The molecule has 0 unspecified atom stereocenters. The molecule has 0 heterocycles. The van der Waals surface area contributed by atoms with Crippen molar-refractivity contribution in [1.29, 1.82) is 0 Å². The third-order valence-corrected chi connectivity index (χ3v) is 6.13. The van der Waals surface area contributed by atoms with Crippen LogP contribution in [0.5, 0.6) is 5.75 Å². The molecule has 0 radical (unpaired) electrons. The predicted molar refractivity (Wildman–Crippen MR) is 107 cm³/mol. The van der Waals surface area contributed by atoms with Crippen LogP contribution < -0.4 is 15.4 Å². The summed E-state index contributed by atoms with van der Waals surface area (Å²) in [6, 6.07) is 9.84. The zero-order valence-electron chi connectivity index (χ0n) is 16.0. The molecule has 2 rings (SSSR count). The van der Waals surface area contributed by atoms with E-state index < -0.39 is 15.8 Å². The van der Waals surface area contributed by atoms with Crippen LogP contribution in [0.15, 0.2) is 47.4 Å². The average molecular weight is 409 g/mol. The van der Waals surface area contributed by atoms with Crippen molar-refractivity contribution in [1.82, 2.24) is 4.31 Å². The van der Waals surface area contributed by atoms with Gasteiger partial charge >= 0.3 is 0 Å². The molecule has 0 bridgehead atoms. The zero-order chi connectivity index (χ0) is 20.7. The topological polar surface area (TPSA) is 87.7 Å². The molecule has 28 heavy (non-hydrogen) atoms. The second kappa shape index (κ2) is 9.52. The van der Waals surface area contributed by atoms with E-state index in [1.807, 2.05) is 0 Å². The van der Waals surface area contributed by atoms with E-state index in [9.17, 15) is 17.6 Å². The van der Waals surface area contributed by atoms with E-state index in [1.165, 1.54) is 53.9 Å². The van der Waals surface area contributed by atoms with Gasteiger partial charge < -0.3 is 15.4 Å². The summed E-state index contributed by atoms with van der Waals surface area (Å²) in [5, 5.41) is 5.51. The van der Waals surface area contributed by atoms with Crippen molar-refractivity contribution >= 4 is 27.3 Å². The van der Waals surface area contributed by atoms with Gasteiger partial charge in [0.15, 0.2) is 0 Å². The molecular formula is C19H24FN3O4S. The number of nitrogens with zero attached hydrogens (tertiary/aromatic N) is 1. The van der Waals surface area contributed by atoms with E-state index in [0.717, 1.165) is 0 Å². The van der Waals surface area contributed by atoms with Gasteiger partial charge in [-0.2, -0.15) is 4.31 Å². The first-order chi connectivity index (χ1) is 13.3. The van der Waals surface area contributed by atoms with Crippen molar-refractivity contribution in [2.75, 3.05) is 37.4 Å². The molecule has 0 fully saturated rings.